The predicted molar refractivity (Wildman–Crippen MR) is 96.6 cm³/mol. The molecule has 0 atom stereocenters. The first-order valence-corrected chi connectivity index (χ1v) is 9.56. The van der Waals surface area contributed by atoms with Crippen molar-refractivity contribution >= 4 is 6.29 Å². The summed E-state index contributed by atoms with van der Waals surface area (Å²) in [5.74, 6) is 0. The standard InChI is InChI=1S/C16H32O.C3H8O3/c1-2-3-4-5-6-7-8-9-10-11-12-13-14-15-16-17;4-1-3(6)2-5/h16H,2-15H2,1H3;3-6H,1-2H2. The molecule has 0 aliphatic rings. The third-order valence-corrected chi connectivity index (χ3v) is 3.85. The van der Waals surface area contributed by atoms with E-state index >= 15 is 0 Å². The number of carbonyl (C=O) groups is 1. The second kappa shape index (κ2) is 23.8. The fourth-order valence-corrected chi connectivity index (χ4v) is 2.30. The van der Waals surface area contributed by atoms with Gasteiger partial charge in [-0.3, -0.25) is 0 Å². The molecule has 0 heterocycles. The quantitative estimate of drug-likeness (QED) is 0.295. The Balaban J connectivity index is 0. The second-order valence-electron chi connectivity index (χ2n) is 6.22. The highest BCUT2D eigenvalue weighted by Gasteiger charge is 1.94. The molecule has 0 saturated carbocycles. The van der Waals surface area contributed by atoms with Gasteiger partial charge in [-0.2, -0.15) is 0 Å². The van der Waals surface area contributed by atoms with Crippen LogP contribution in [-0.2, 0) is 4.79 Å². The van der Waals surface area contributed by atoms with E-state index < -0.39 is 6.10 Å². The summed E-state index contributed by atoms with van der Waals surface area (Å²) >= 11 is 0. The molecule has 3 N–H and O–H groups in total. The zero-order valence-corrected chi connectivity index (χ0v) is 15.2. The average molecular weight is 333 g/mol. The van der Waals surface area contributed by atoms with Crippen molar-refractivity contribution in [2.75, 3.05) is 13.2 Å². The Kier molecular flexibility index (Phi) is 25.7. The van der Waals surface area contributed by atoms with Gasteiger partial charge >= 0.3 is 0 Å². The third-order valence-electron chi connectivity index (χ3n) is 3.85. The van der Waals surface area contributed by atoms with E-state index in [9.17, 15) is 4.79 Å². The Labute approximate surface area is 143 Å². The van der Waals surface area contributed by atoms with Gasteiger partial charge in [-0.25, -0.2) is 0 Å². The summed E-state index contributed by atoms with van der Waals surface area (Å²) in [6.07, 6.45) is 18.7. The maximum absolute atomic E-state index is 10.1. The van der Waals surface area contributed by atoms with Crippen LogP contribution < -0.4 is 0 Å². The van der Waals surface area contributed by atoms with Crippen LogP contribution in [0.25, 0.3) is 0 Å². The van der Waals surface area contributed by atoms with Crippen molar-refractivity contribution < 1.29 is 20.1 Å². The van der Waals surface area contributed by atoms with Crippen molar-refractivity contribution in [1.82, 2.24) is 0 Å². The van der Waals surface area contributed by atoms with Gasteiger partial charge in [-0.1, -0.05) is 84.0 Å². The fraction of sp³-hybridized carbons (Fsp3) is 0.947. The van der Waals surface area contributed by atoms with Crippen LogP contribution in [0, 0.1) is 0 Å². The molecule has 0 saturated heterocycles. The van der Waals surface area contributed by atoms with E-state index in [1.807, 2.05) is 0 Å². The smallest absolute Gasteiger partial charge is 0.119 e. The summed E-state index contributed by atoms with van der Waals surface area (Å²) in [5.41, 5.74) is 0. The van der Waals surface area contributed by atoms with E-state index in [1.54, 1.807) is 0 Å². The van der Waals surface area contributed by atoms with Crippen LogP contribution in [0.1, 0.15) is 96.8 Å². The lowest BCUT2D eigenvalue weighted by Gasteiger charge is -2.02. The monoisotopic (exact) mass is 332 g/mol. The highest BCUT2D eigenvalue weighted by atomic mass is 16.3. The molecule has 4 heteroatoms. The lowest BCUT2D eigenvalue weighted by Crippen LogP contribution is -2.15. The summed E-state index contributed by atoms with van der Waals surface area (Å²) in [6, 6.07) is 0. The van der Waals surface area contributed by atoms with Crippen molar-refractivity contribution in [3.63, 3.8) is 0 Å². The number of unbranched alkanes of at least 4 members (excludes halogenated alkanes) is 13. The number of hydrogen-bond donors (Lipinski definition) is 3. The Bertz CT molecular complexity index is 206. The largest absolute Gasteiger partial charge is 0.394 e. The van der Waals surface area contributed by atoms with E-state index in [-0.39, 0.29) is 13.2 Å². The maximum Gasteiger partial charge on any atom is 0.119 e. The van der Waals surface area contributed by atoms with Crippen molar-refractivity contribution in [1.29, 1.82) is 0 Å². The van der Waals surface area contributed by atoms with Gasteiger partial charge in [0.15, 0.2) is 0 Å². The zero-order valence-electron chi connectivity index (χ0n) is 15.2. The number of rotatable bonds is 16. The van der Waals surface area contributed by atoms with Gasteiger partial charge in [-0.05, 0) is 6.42 Å². The van der Waals surface area contributed by atoms with Gasteiger partial charge in [0.25, 0.3) is 0 Å². The molecule has 0 aromatic rings. The minimum absolute atomic E-state index is 0.365. The first-order valence-electron chi connectivity index (χ1n) is 9.56. The summed E-state index contributed by atoms with van der Waals surface area (Å²) in [4.78, 5) is 10.1. The summed E-state index contributed by atoms with van der Waals surface area (Å²) in [5, 5.41) is 24.0. The first kappa shape index (κ1) is 24.8. The van der Waals surface area contributed by atoms with E-state index in [2.05, 4.69) is 6.92 Å². The molecule has 0 aliphatic carbocycles. The highest BCUT2D eigenvalue weighted by Crippen LogP contribution is 2.12. The molecule has 0 aliphatic heterocycles. The molecule has 23 heavy (non-hydrogen) atoms. The van der Waals surface area contributed by atoms with Crippen LogP contribution in [0.5, 0.6) is 0 Å². The van der Waals surface area contributed by atoms with Gasteiger partial charge in [-0.15, -0.1) is 0 Å². The number of aliphatic hydroxyl groups excluding tert-OH is 3. The van der Waals surface area contributed by atoms with Gasteiger partial charge in [0, 0.05) is 6.42 Å². The van der Waals surface area contributed by atoms with Crippen molar-refractivity contribution in [3.05, 3.63) is 0 Å². The van der Waals surface area contributed by atoms with Gasteiger partial charge in [0.2, 0.25) is 0 Å². The summed E-state index contributed by atoms with van der Waals surface area (Å²) < 4.78 is 0. The molecule has 0 radical (unpaired) electrons. The van der Waals surface area contributed by atoms with Crippen LogP contribution in [0.15, 0.2) is 0 Å². The third kappa shape index (κ3) is 26.7. The van der Waals surface area contributed by atoms with Crippen LogP contribution >= 0.6 is 0 Å². The Morgan fingerprint density at radius 2 is 1.04 bits per heavy atom. The van der Waals surface area contributed by atoms with E-state index in [0.29, 0.717) is 0 Å². The molecule has 0 bridgehead atoms. The summed E-state index contributed by atoms with van der Waals surface area (Å²) in [7, 11) is 0. The maximum atomic E-state index is 10.1. The van der Waals surface area contributed by atoms with E-state index in [1.165, 1.54) is 77.0 Å². The van der Waals surface area contributed by atoms with Gasteiger partial charge in [0.05, 0.1) is 13.2 Å². The van der Waals surface area contributed by atoms with Crippen LogP contribution in [0.3, 0.4) is 0 Å². The molecule has 0 aromatic carbocycles. The Morgan fingerprint density at radius 3 is 1.30 bits per heavy atom. The zero-order chi connectivity index (χ0) is 17.6. The van der Waals surface area contributed by atoms with Crippen LogP contribution in [-0.4, -0.2) is 40.9 Å². The molecule has 0 amide bonds. The minimum Gasteiger partial charge on any atom is -0.394 e. The lowest BCUT2D eigenvalue weighted by molar-refractivity contribution is -0.107. The number of carbonyl (C=O) groups excluding carboxylic acids is 1. The molecular weight excluding hydrogens is 292 g/mol. The summed E-state index contributed by atoms with van der Waals surface area (Å²) in [6.45, 7) is 1.54. The molecule has 0 fully saturated rings. The van der Waals surface area contributed by atoms with Crippen molar-refractivity contribution in [2.24, 2.45) is 0 Å². The molecule has 0 spiro atoms. The molecule has 4 nitrogen and oxygen atoms in total. The fourth-order valence-electron chi connectivity index (χ4n) is 2.30. The molecule has 0 rings (SSSR count). The first-order chi connectivity index (χ1) is 11.2. The van der Waals surface area contributed by atoms with Gasteiger partial charge < -0.3 is 20.1 Å². The second-order valence-corrected chi connectivity index (χ2v) is 6.22. The molecule has 0 unspecified atom stereocenters. The van der Waals surface area contributed by atoms with Crippen LogP contribution in [0.4, 0.5) is 0 Å². The van der Waals surface area contributed by atoms with Crippen molar-refractivity contribution in [3.8, 4) is 0 Å². The highest BCUT2D eigenvalue weighted by molar-refractivity contribution is 5.48. The number of aldehydes is 1. The Morgan fingerprint density at radius 1 is 0.696 bits per heavy atom. The molecule has 140 valence electrons. The molecule has 0 aromatic heterocycles. The van der Waals surface area contributed by atoms with Gasteiger partial charge in [0.1, 0.15) is 12.4 Å². The van der Waals surface area contributed by atoms with E-state index in [0.717, 1.165) is 19.1 Å². The molecular formula is C19H40O4. The number of aliphatic hydroxyl groups is 3. The Hall–Kier alpha value is -0.450. The predicted octanol–water partition coefficient (Wildman–Crippen LogP) is 4.00. The topological polar surface area (TPSA) is 77.8 Å². The SMILES string of the molecule is CCCCCCCCCCCCCCCC=O.OCC(O)CO. The number of hydrogen-bond acceptors (Lipinski definition) is 4. The normalized spacial score (nSPS) is 10.5. The lowest BCUT2D eigenvalue weighted by atomic mass is 10.0. The minimum atomic E-state index is -0.954. The average Bonchev–Trinajstić information content (AvgIpc) is 2.59. The van der Waals surface area contributed by atoms with E-state index in [4.69, 9.17) is 15.3 Å². The van der Waals surface area contributed by atoms with Crippen LogP contribution in [0.2, 0.25) is 0 Å². The van der Waals surface area contributed by atoms with Crippen molar-refractivity contribution in [2.45, 2.75) is 103 Å².